The number of ether oxygens (including phenoxy) is 1. The Balaban J connectivity index is 1.46. The minimum Gasteiger partial charge on any atom is -0.462 e. The number of carbonyl (C=O) groups excluding carboxylic acids is 1. The number of likely N-dealkylation sites (N-methyl/N-ethyl adjacent to an activating group) is 1. The molecule has 1 unspecified atom stereocenters. The van der Waals surface area contributed by atoms with Gasteiger partial charge < -0.3 is 19.4 Å². The van der Waals surface area contributed by atoms with Crippen LogP contribution in [0.5, 0.6) is 6.01 Å². The molecule has 1 amide bonds. The number of carbonyl (C=O) groups is 1. The van der Waals surface area contributed by atoms with Crippen molar-refractivity contribution in [2.45, 2.75) is 31.3 Å². The van der Waals surface area contributed by atoms with Crippen molar-refractivity contribution in [2.75, 3.05) is 44.7 Å². The van der Waals surface area contributed by atoms with E-state index in [1.807, 2.05) is 41.6 Å². The van der Waals surface area contributed by atoms with Crippen LogP contribution in [0.25, 0.3) is 32.1 Å². The minimum atomic E-state index is -1.08. The number of anilines is 1. The smallest absolute Gasteiger partial charge is 0.319 e. The summed E-state index contributed by atoms with van der Waals surface area (Å²) < 4.78 is 37.5. The number of thiophene rings is 1. The number of benzene rings is 2. The fraction of sp³-hybridized carbons (Fsp3) is 0.355. The fourth-order valence-electron chi connectivity index (χ4n) is 6.04. The average Bonchev–Trinajstić information content (AvgIpc) is 3.65. The Kier molecular flexibility index (Phi) is 8.18. The first-order chi connectivity index (χ1) is 20.8. The summed E-state index contributed by atoms with van der Waals surface area (Å²) in [5.41, 5.74) is 0.952. The molecule has 43 heavy (non-hydrogen) atoms. The van der Waals surface area contributed by atoms with E-state index in [1.165, 1.54) is 4.90 Å². The summed E-state index contributed by atoms with van der Waals surface area (Å²) in [4.78, 5) is 27.1. The van der Waals surface area contributed by atoms with Crippen LogP contribution in [0.4, 0.5) is 14.6 Å². The molecule has 4 heterocycles. The van der Waals surface area contributed by atoms with Gasteiger partial charge in [-0.2, -0.15) is 15.2 Å². The first kappa shape index (κ1) is 29.2. The maximum absolute atomic E-state index is 16.6. The van der Waals surface area contributed by atoms with Crippen molar-refractivity contribution in [1.82, 2.24) is 19.8 Å². The summed E-state index contributed by atoms with van der Waals surface area (Å²) in [5.74, 6) is -2.16. The molecule has 2 aliphatic heterocycles. The molecule has 4 aromatic rings. The van der Waals surface area contributed by atoms with Crippen LogP contribution in [0.15, 0.2) is 48.1 Å². The molecule has 2 saturated heterocycles. The molecular weight excluding hydrogens is 594 g/mol. The molecule has 2 atom stereocenters. The van der Waals surface area contributed by atoms with Crippen molar-refractivity contribution >= 4 is 55.7 Å². The van der Waals surface area contributed by atoms with Gasteiger partial charge in [0.25, 0.3) is 5.91 Å². The number of aromatic nitrogens is 2. The third-order valence-corrected chi connectivity index (χ3v) is 9.47. The Morgan fingerprint density at radius 3 is 2.81 bits per heavy atom. The van der Waals surface area contributed by atoms with Crippen molar-refractivity contribution in [2.24, 2.45) is 0 Å². The maximum Gasteiger partial charge on any atom is 0.319 e. The fourth-order valence-corrected chi connectivity index (χ4v) is 7.14. The summed E-state index contributed by atoms with van der Waals surface area (Å²) >= 11 is 8.37. The highest BCUT2D eigenvalue weighted by Gasteiger charge is 2.34. The van der Waals surface area contributed by atoms with E-state index in [0.717, 1.165) is 29.5 Å². The monoisotopic (exact) mass is 622 g/mol. The number of nitriles is 1. The summed E-state index contributed by atoms with van der Waals surface area (Å²) in [7, 11) is 2.04. The van der Waals surface area contributed by atoms with Crippen molar-refractivity contribution in [3.05, 3.63) is 59.0 Å². The number of piperazine rings is 1. The molecular formula is C31H29ClF2N6O2S. The first-order valence-electron chi connectivity index (χ1n) is 14.0. The van der Waals surface area contributed by atoms with Crippen LogP contribution < -0.4 is 9.64 Å². The van der Waals surface area contributed by atoms with Gasteiger partial charge in [-0.3, -0.25) is 4.79 Å². The lowest BCUT2D eigenvalue weighted by molar-refractivity contribution is -0.131. The Labute approximate surface area is 256 Å². The van der Waals surface area contributed by atoms with Gasteiger partial charge in [0.2, 0.25) is 0 Å². The Morgan fingerprint density at radius 2 is 2.07 bits per heavy atom. The zero-order valence-corrected chi connectivity index (χ0v) is 25.1. The van der Waals surface area contributed by atoms with Crippen LogP contribution in [-0.4, -0.2) is 77.6 Å². The van der Waals surface area contributed by atoms with Crippen molar-refractivity contribution in [1.29, 1.82) is 5.26 Å². The van der Waals surface area contributed by atoms with Gasteiger partial charge in [-0.15, -0.1) is 11.3 Å². The molecule has 6 rings (SSSR count). The molecule has 0 bridgehead atoms. The van der Waals surface area contributed by atoms with Crippen molar-refractivity contribution < 1.29 is 18.3 Å². The number of amides is 1. The number of fused-ring (bicyclic) bond motifs is 2. The maximum atomic E-state index is 16.6. The van der Waals surface area contributed by atoms with Gasteiger partial charge in [0.15, 0.2) is 11.6 Å². The highest BCUT2D eigenvalue weighted by atomic mass is 35.5. The largest absolute Gasteiger partial charge is 0.462 e. The Morgan fingerprint density at radius 1 is 1.23 bits per heavy atom. The van der Waals surface area contributed by atoms with Crippen LogP contribution in [0.3, 0.4) is 0 Å². The molecule has 2 aromatic carbocycles. The third-order valence-electron chi connectivity index (χ3n) is 8.29. The zero-order chi connectivity index (χ0) is 30.2. The number of likely N-dealkylation sites (tertiary alicyclic amines) is 1. The summed E-state index contributed by atoms with van der Waals surface area (Å²) in [6, 6.07) is 10.9. The van der Waals surface area contributed by atoms with Crippen molar-refractivity contribution in [3.8, 4) is 23.2 Å². The lowest BCUT2D eigenvalue weighted by Gasteiger charge is -2.41. The zero-order valence-electron chi connectivity index (χ0n) is 23.5. The second-order valence-electron chi connectivity index (χ2n) is 10.9. The molecule has 0 aliphatic carbocycles. The first-order valence-corrected chi connectivity index (χ1v) is 15.3. The van der Waals surface area contributed by atoms with E-state index in [2.05, 4.69) is 22.5 Å². The van der Waals surface area contributed by atoms with E-state index in [4.69, 9.17) is 21.3 Å². The number of hydrogen-bond acceptors (Lipinski definition) is 8. The van der Waals surface area contributed by atoms with E-state index in [9.17, 15) is 14.4 Å². The molecule has 2 fully saturated rings. The summed E-state index contributed by atoms with van der Waals surface area (Å²) in [5, 5.41) is 12.9. The SMILES string of the molecule is C=C(F)C(=O)N1CCN(c2nc(OCC3CCCN3C)nc3c(F)c(-c4cccc5sccc45)c(Cl)cc23)C[C@@H]1CC#N. The predicted molar refractivity (Wildman–Crippen MR) is 165 cm³/mol. The van der Waals surface area contributed by atoms with Crippen molar-refractivity contribution in [3.63, 3.8) is 0 Å². The highest BCUT2D eigenvalue weighted by Crippen LogP contribution is 2.42. The Hall–Kier alpha value is -3.85. The molecule has 2 aromatic heterocycles. The second-order valence-corrected chi connectivity index (χ2v) is 12.2. The topological polar surface area (TPSA) is 85.6 Å². The van der Waals surface area contributed by atoms with Crippen LogP contribution in [0, 0.1) is 17.1 Å². The van der Waals surface area contributed by atoms with E-state index in [0.29, 0.717) is 23.4 Å². The van der Waals surface area contributed by atoms with Crippen LogP contribution in [0.1, 0.15) is 19.3 Å². The third kappa shape index (κ3) is 5.51. The molecule has 0 spiro atoms. The number of halogens is 3. The standard InChI is InChI=1S/C31H29ClF2N6O2S/c1-18(33)30(41)40-13-12-39(16-19(40)8-10-35)29-23-15-24(32)26(22-6-3-7-25-21(22)9-14-43-25)27(34)28(23)36-31(37-29)42-17-20-5-4-11-38(20)2/h3,6-7,9,14-15,19-20H,1,4-5,8,11-13,16-17H2,2H3/t19-,20?/m0/s1. The van der Waals surface area contributed by atoms with E-state index in [-0.39, 0.29) is 54.2 Å². The van der Waals surface area contributed by atoms with Crippen LogP contribution in [-0.2, 0) is 4.79 Å². The van der Waals surface area contributed by atoms with E-state index >= 15 is 4.39 Å². The molecule has 0 radical (unpaired) electrons. The normalized spacial score (nSPS) is 19.2. The predicted octanol–water partition coefficient (Wildman–Crippen LogP) is 6.19. The summed E-state index contributed by atoms with van der Waals surface area (Å²) in [6.45, 7) is 4.99. The quantitative estimate of drug-likeness (QED) is 0.227. The summed E-state index contributed by atoms with van der Waals surface area (Å²) in [6.07, 6.45) is 2.01. The number of nitrogens with zero attached hydrogens (tertiary/aromatic N) is 6. The lowest BCUT2D eigenvalue weighted by atomic mass is 9.99. The van der Waals surface area contributed by atoms with Crippen LogP contribution >= 0.6 is 22.9 Å². The van der Waals surface area contributed by atoms with Gasteiger partial charge in [0, 0.05) is 46.7 Å². The minimum absolute atomic E-state index is 0.0242. The van der Waals surface area contributed by atoms with E-state index in [1.54, 1.807) is 17.4 Å². The average molecular weight is 623 g/mol. The molecule has 222 valence electrons. The van der Waals surface area contributed by atoms with E-state index < -0.39 is 23.6 Å². The Bertz CT molecular complexity index is 1770. The molecule has 8 nitrogen and oxygen atoms in total. The van der Waals surface area contributed by atoms with Gasteiger partial charge in [-0.25, -0.2) is 8.78 Å². The molecule has 12 heteroatoms. The lowest BCUT2D eigenvalue weighted by Crippen LogP contribution is -2.55. The van der Waals surface area contributed by atoms with Gasteiger partial charge in [-0.05, 0) is 55.6 Å². The molecule has 2 aliphatic rings. The molecule has 0 saturated carbocycles. The highest BCUT2D eigenvalue weighted by molar-refractivity contribution is 7.17. The molecule has 0 N–H and O–H groups in total. The van der Waals surface area contributed by atoms with Gasteiger partial charge >= 0.3 is 6.01 Å². The second kappa shape index (κ2) is 12.0. The number of rotatable bonds is 7. The van der Waals surface area contributed by atoms with Gasteiger partial charge in [-0.1, -0.05) is 30.3 Å². The van der Waals surface area contributed by atoms with Gasteiger partial charge in [0.05, 0.1) is 23.6 Å². The van der Waals surface area contributed by atoms with Gasteiger partial charge in [0.1, 0.15) is 17.9 Å². The number of hydrogen-bond donors (Lipinski definition) is 0. The van der Waals surface area contributed by atoms with Crippen LogP contribution in [0.2, 0.25) is 5.02 Å².